The molecule has 2 aromatic heterocycles. The third kappa shape index (κ3) is 5.57. The summed E-state index contributed by atoms with van der Waals surface area (Å²) in [7, 11) is 0. The summed E-state index contributed by atoms with van der Waals surface area (Å²) in [6.45, 7) is 5.74. The monoisotopic (exact) mass is 403 g/mol. The topological polar surface area (TPSA) is 58.4 Å². The van der Waals surface area contributed by atoms with Gasteiger partial charge in [0.15, 0.2) is 0 Å². The van der Waals surface area contributed by atoms with Crippen LogP contribution in [-0.4, -0.2) is 35.4 Å². The van der Waals surface area contributed by atoms with Gasteiger partial charge in [0.05, 0.1) is 6.42 Å². The fourth-order valence-electron chi connectivity index (χ4n) is 4.14. The average molecular weight is 404 g/mol. The number of aryl methyl sites for hydroxylation is 1. The molecule has 1 aliphatic rings. The second kappa shape index (κ2) is 9.72. The molecule has 1 fully saturated rings. The van der Waals surface area contributed by atoms with E-state index in [2.05, 4.69) is 39.5 Å². The number of amides is 1. The zero-order chi connectivity index (χ0) is 20.8. The molecule has 1 aromatic carbocycles. The maximum absolute atomic E-state index is 12.2. The summed E-state index contributed by atoms with van der Waals surface area (Å²) >= 11 is 0. The first-order chi connectivity index (χ1) is 14.7. The third-order valence-corrected chi connectivity index (χ3v) is 5.64. The molecule has 5 heteroatoms. The Kier molecular flexibility index (Phi) is 6.60. The molecule has 5 nitrogen and oxygen atoms in total. The molecule has 0 aliphatic carbocycles. The van der Waals surface area contributed by atoms with Crippen LogP contribution in [0.15, 0.2) is 65.3 Å². The number of carbonyl (C=O) groups is 1. The van der Waals surface area contributed by atoms with Gasteiger partial charge in [-0.1, -0.05) is 24.3 Å². The lowest BCUT2D eigenvalue weighted by atomic mass is 9.97. The summed E-state index contributed by atoms with van der Waals surface area (Å²) in [5, 5.41) is 3.11. The minimum Gasteiger partial charge on any atom is -0.461 e. The van der Waals surface area contributed by atoms with E-state index in [4.69, 9.17) is 4.42 Å². The lowest BCUT2D eigenvalue weighted by Gasteiger charge is -2.33. The van der Waals surface area contributed by atoms with Gasteiger partial charge in [0.1, 0.15) is 11.5 Å². The van der Waals surface area contributed by atoms with Gasteiger partial charge in [0.2, 0.25) is 5.91 Å². The number of nitrogens with one attached hydrogen (secondary N) is 1. The summed E-state index contributed by atoms with van der Waals surface area (Å²) in [6.07, 6.45) is 6.20. The highest BCUT2D eigenvalue weighted by Gasteiger charge is 2.20. The lowest BCUT2D eigenvalue weighted by Crippen LogP contribution is -2.40. The first-order valence-electron chi connectivity index (χ1n) is 10.7. The Balaban J connectivity index is 1.28. The number of hydrogen-bond acceptors (Lipinski definition) is 4. The van der Waals surface area contributed by atoms with E-state index < -0.39 is 0 Å². The second-order valence-corrected chi connectivity index (χ2v) is 8.20. The van der Waals surface area contributed by atoms with Crippen molar-refractivity contribution in [1.82, 2.24) is 15.2 Å². The van der Waals surface area contributed by atoms with E-state index in [0.717, 1.165) is 55.2 Å². The lowest BCUT2D eigenvalue weighted by molar-refractivity contribution is -0.120. The number of hydrogen-bond donors (Lipinski definition) is 1. The van der Waals surface area contributed by atoms with Crippen molar-refractivity contribution >= 4 is 5.91 Å². The molecular formula is C25H29N3O2. The van der Waals surface area contributed by atoms with E-state index in [1.54, 1.807) is 12.4 Å². The number of aromatic nitrogens is 1. The summed E-state index contributed by atoms with van der Waals surface area (Å²) in [5.74, 6) is 2.41. The molecule has 0 bridgehead atoms. The van der Waals surface area contributed by atoms with Crippen LogP contribution in [-0.2, 0) is 17.8 Å². The van der Waals surface area contributed by atoms with E-state index in [9.17, 15) is 4.79 Å². The number of carbonyl (C=O) groups excluding carboxylic acids is 1. The van der Waals surface area contributed by atoms with E-state index >= 15 is 0 Å². The Morgan fingerprint density at radius 2 is 2.10 bits per heavy atom. The van der Waals surface area contributed by atoms with Crippen LogP contribution in [0.25, 0.3) is 11.3 Å². The van der Waals surface area contributed by atoms with Crippen molar-refractivity contribution in [1.29, 1.82) is 0 Å². The molecule has 30 heavy (non-hydrogen) atoms. The van der Waals surface area contributed by atoms with Crippen LogP contribution in [0.3, 0.4) is 0 Å². The maximum Gasteiger partial charge on any atom is 0.224 e. The van der Waals surface area contributed by atoms with Crippen LogP contribution >= 0.6 is 0 Å². The predicted octanol–water partition coefficient (Wildman–Crippen LogP) is 4.22. The number of rotatable bonds is 7. The number of piperidine rings is 1. The van der Waals surface area contributed by atoms with Crippen molar-refractivity contribution < 1.29 is 9.21 Å². The van der Waals surface area contributed by atoms with Gasteiger partial charge in [0.25, 0.3) is 0 Å². The van der Waals surface area contributed by atoms with Crippen LogP contribution in [0.2, 0.25) is 0 Å². The molecule has 3 aromatic rings. The highest BCUT2D eigenvalue weighted by atomic mass is 16.3. The molecule has 1 saturated heterocycles. The number of pyridine rings is 1. The molecule has 0 spiro atoms. The second-order valence-electron chi connectivity index (χ2n) is 8.20. The standard InChI is InChI=1S/C25H29N3O2/c1-19-9-10-24(30-19)23-8-2-5-21(13-23)17-28-12-4-7-22(18-28)16-27-25(29)14-20-6-3-11-26-15-20/h2-3,5-6,8-11,13,15,22H,4,7,12,14,16-18H2,1H3,(H,27,29). The molecule has 1 unspecified atom stereocenters. The van der Waals surface area contributed by atoms with E-state index in [0.29, 0.717) is 12.3 Å². The van der Waals surface area contributed by atoms with Gasteiger partial charge in [0, 0.05) is 37.6 Å². The number of likely N-dealkylation sites (tertiary alicyclic amines) is 1. The van der Waals surface area contributed by atoms with Crippen LogP contribution in [0.1, 0.15) is 29.7 Å². The number of benzene rings is 1. The van der Waals surface area contributed by atoms with Crippen molar-refractivity contribution in [3.05, 3.63) is 77.8 Å². The fourth-order valence-corrected chi connectivity index (χ4v) is 4.14. The van der Waals surface area contributed by atoms with Gasteiger partial charge in [-0.15, -0.1) is 0 Å². The number of nitrogens with zero attached hydrogens (tertiary/aromatic N) is 2. The molecule has 1 atom stereocenters. The smallest absolute Gasteiger partial charge is 0.224 e. The fraction of sp³-hybridized carbons (Fsp3) is 0.360. The summed E-state index contributed by atoms with van der Waals surface area (Å²) < 4.78 is 5.77. The SMILES string of the molecule is Cc1ccc(-c2cccc(CN3CCCC(CNC(=O)Cc4cccnc4)C3)c2)o1. The first kappa shape index (κ1) is 20.4. The molecular weight excluding hydrogens is 374 g/mol. The van der Waals surface area contributed by atoms with Gasteiger partial charge in [-0.3, -0.25) is 14.7 Å². The maximum atomic E-state index is 12.2. The van der Waals surface area contributed by atoms with Gasteiger partial charge >= 0.3 is 0 Å². The normalized spacial score (nSPS) is 17.0. The molecule has 4 rings (SSSR count). The van der Waals surface area contributed by atoms with Crippen LogP contribution in [0.4, 0.5) is 0 Å². The molecule has 156 valence electrons. The molecule has 1 aliphatic heterocycles. The largest absolute Gasteiger partial charge is 0.461 e. The van der Waals surface area contributed by atoms with E-state index in [1.807, 2.05) is 31.2 Å². The quantitative estimate of drug-likeness (QED) is 0.642. The molecule has 1 amide bonds. The van der Waals surface area contributed by atoms with Crippen LogP contribution in [0, 0.1) is 12.8 Å². The molecule has 3 heterocycles. The number of furan rings is 1. The van der Waals surface area contributed by atoms with Gasteiger partial charge in [-0.05, 0) is 67.6 Å². The zero-order valence-corrected chi connectivity index (χ0v) is 17.5. The molecule has 1 N–H and O–H groups in total. The van der Waals surface area contributed by atoms with Crippen molar-refractivity contribution in [2.45, 2.75) is 32.7 Å². The molecule has 0 saturated carbocycles. The Labute approximate surface area is 178 Å². The Bertz CT molecular complexity index is 967. The minimum absolute atomic E-state index is 0.0709. The van der Waals surface area contributed by atoms with Gasteiger partial charge in [-0.2, -0.15) is 0 Å². The predicted molar refractivity (Wildman–Crippen MR) is 118 cm³/mol. The van der Waals surface area contributed by atoms with Crippen molar-refractivity contribution in [3.8, 4) is 11.3 Å². The summed E-state index contributed by atoms with van der Waals surface area (Å²) in [5.41, 5.74) is 3.37. The van der Waals surface area contributed by atoms with Crippen molar-refractivity contribution in [2.75, 3.05) is 19.6 Å². The molecule has 0 radical (unpaired) electrons. The zero-order valence-electron chi connectivity index (χ0n) is 17.5. The van der Waals surface area contributed by atoms with Crippen LogP contribution in [0.5, 0.6) is 0 Å². The first-order valence-corrected chi connectivity index (χ1v) is 10.7. The highest BCUT2D eigenvalue weighted by Crippen LogP contribution is 2.24. The van der Waals surface area contributed by atoms with E-state index in [-0.39, 0.29) is 5.91 Å². The highest BCUT2D eigenvalue weighted by molar-refractivity contribution is 5.78. The van der Waals surface area contributed by atoms with Crippen molar-refractivity contribution in [2.24, 2.45) is 5.92 Å². The van der Waals surface area contributed by atoms with Gasteiger partial charge in [-0.25, -0.2) is 0 Å². The van der Waals surface area contributed by atoms with Crippen molar-refractivity contribution in [3.63, 3.8) is 0 Å². The summed E-state index contributed by atoms with van der Waals surface area (Å²) in [4.78, 5) is 18.8. The Hall–Kier alpha value is -2.92. The minimum atomic E-state index is 0.0709. The Morgan fingerprint density at radius 3 is 2.90 bits per heavy atom. The Morgan fingerprint density at radius 1 is 1.20 bits per heavy atom. The van der Waals surface area contributed by atoms with Crippen LogP contribution < -0.4 is 5.32 Å². The summed E-state index contributed by atoms with van der Waals surface area (Å²) in [6, 6.07) is 16.4. The average Bonchev–Trinajstić information content (AvgIpc) is 3.20. The van der Waals surface area contributed by atoms with E-state index in [1.165, 1.54) is 12.0 Å². The van der Waals surface area contributed by atoms with Gasteiger partial charge < -0.3 is 9.73 Å². The third-order valence-electron chi connectivity index (χ3n) is 5.64.